The van der Waals surface area contributed by atoms with Crippen LogP contribution in [0.4, 0.5) is 0 Å². The van der Waals surface area contributed by atoms with Crippen molar-refractivity contribution in [2.45, 2.75) is 51.5 Å². The Kier molecular flexibility index (Phi) is 4.94. The number of ether oxygens (including phenoxy) is 1. The van der Waals surface area contributed by atoms with Crippen LogP contribution in [0.25, 0.3) is 0 Å². The number of hydrogen-bond acceptors (Lipinski definition) is 3. The highest BCUT2D eigenvalue weighted by Crippen LogP contribution is 2.30. The molecule has 0 aromatic rings. The molecular formula is C12H25NOS. The normalized spacial score (nSPS) is 29.4. The van der Waals surface area contributed by atoms with Crippen molar-refractivity contribution >= 4 is 11.8 Å². The minimum Gasteiger partial charge on any atom is -0.377 e. The van der Waals surface area contributed by atoms with Crippen molar-refractivity contribution < 1.29 is 4.74 Å². The van der Waals surface area contributed by atoms with Crippen molar-refractivity contribution in [3.05, 3.63) is 0 Å². The highest BCUT2D eigenvalue weighted by atomic mass is 32.2. The number of rotatable bonds is 4. The molecule has 0 saturated carbocycles. The van der Waals surface area contributed by atoms with Gasteiger partial charge in [-0.05, 0) is 25.8 Å². The minimum atomic E-state index is 0.338. The van der Waals surface area contributed by atoms with E-state index in [1.807, 2.05) is 0 Å². The zero-order valence-electron chi connectivity index (χ0n) is 10.7. The summed E-state index contributed by atoms with van der Waals surface area (Å²) in [6, 6.07) is 0.579. The molecule has 0 amide bonds. The van der Waals surface area contributed by atoms with Gasteiger partial charge in [0.25, 0.3) is 0 Å². The minimum absolute atomic E-state index is 0.338. The average molecular weight is 231 g/mol. The molecule has 3 atom stereocenters. The van der Waals surface area contributed by atoms with Crippen LogP contribution in [0.2, 0.25) is 0 Å². The predicted octanol–water partition coefficient (Wildman–Crippen LogP) is 2.53. The molecule has 2 nitrogen and oxygen atoms in total. The second-order valence-corrected chi connectivity index (χ2v) is 6.72. The van der Waals surface area contributed by atoms with Gasteiger partial charge in [0, 0.05) is 23.7 Å². The number of nitrogens with one attached hydrogen (secondary N) is 1. The monoisotopic (exact) mass is 231 g/mol. The van der Waals surface area contributed by atoms with Crippen molar-refractivity contribution in [3.63, 3.8) is 0 Å². The molecule has 90 valence electrons. The summed E-state index contributed by atoms with van der Waals surface area (Å²) in [6.45, 7) is 10.0. The Bertz CT molecular complexity index is 191. The third-order valence-electron chi connectivity index (χ3n) is 3.18. The predicted molar refractivity (Wildman–Crippen MR) is 68.6 cm³/mol. The maximum Gasteiger partial charge on any atom is 0.0666 e. The van der Waals surface area contributed by atoms with E-state index in [1.54, 1.807) is 0 Å². The SMILES string of the molecule is CNC(CSC1CCOC1C)C(C)(C)C. The van der Waals surface area contributed by atoms with Crippen molar-refractivity contribution in [2.75, 3.05) is 19.4 Å². The molecule has 1 saturated heterocycles. The van der Waals surface area contributed by atoms with Crippen LogP contribution in [-0.2, 0) is 4.74 Å². The van der Waals surface area contributed by atoms with Gasteiger partial charge in [-0.2, -0.15) is 11.8 Å². The van der Waals surface area contributed by atoms with Crippen LogP contribution in [0.5, 0.6) is 0 Å². The first-order chi connectivity index (χ1) is 6.95. The molecule has 0 bridgehead atoms. The molecule has 1 heterocycles. The summed E-state index contributed by atoms with van der Waals surface area (Å²) in [7, 11) is 2.06. The molecule has 1 aliphatic heterocycles. The fourth-order valence-electron chi connectivity index (χ4n) is 1.92. The van der Waals surface area contributed by atoms with Gasteiger partial charge in [-0.3, -0.25) is 0 Å². The van der Waals surface area contributed by atoms with Crippen molar-refractivity contribution in [3.8, 4) is 0 Å². The summed E-state index contributed by atoms with van der Waals surface area (Å²) in [5.74, 6) is 1.18. The zero-order chi connectivity index (χ0) is 11.5. The Balaban J connectivity index is 2.34. The number of hydrogen-bond donors (Lipinski definition) is 1. The summed E-state index contributed by atoms with van der Waals surface area (Å²) in [6.07, 6.45) is 1.65. The van der Waals surface area contributed by atoms with E-state index >= 15 is 0 Å². The van der Waals surface area contributed by atoms with Gasteiger partial charge in [0.1, 0.15) is 0 Å². The summed E-state index contributed by atoms with van der Waals surface area (Å²) in [5, 5.41) is 4.12. The summed E-state index contributed by atoms with van der Waals surface area (Å²) in [4.78, 5) is 0. The Hall–Kier alpha value is 0.270. The van der Waals surface area contributed by atoms with E-state index in [2.05, 4.69) is 51.8 Å². The lowest BCUT2D eigenvalue weighted by Gasteiger charge is -2.31. The first kappa shape index (κ1) is 13.3. The fraction of sp³-hybridized carbons (Fsp3) is 1.00. The lowest BCUT2D eigenvalue weighted by atomic mass is 9.88. The van der Waals surface area contributed by atoms with Crippen LogP contribution in [0.1, 0.15) is 34.1 Å². The van der Waals surface area contributed by atoms with E-state index in [9.17, 15) is 0 Å². The first-order valence-corrected chi connectivity index (χ1v) is 6.90. The average Bonchev–Trinajstić information content (AvgIpc) is 2.50. The van der Waals surface area contributed by atoms with Gasteiger partial charge < -0.3 is 10.1 Å². The topological polar surface area (TPSA) is 21.3 Å². The van der Waals surface area contributed by atoms with Gasteiger partial charge in [0.05, 0.1) is 6.10 Å². The molecule has 15 heavy (non-hydrogen) atoms. The Morgan fingerprint density at radius 1 is 1.47 bits per heavy atom. The van der Waals surface area contributed by atoms with E-state index in [0.29, 0.717) is 22.8 Å². The van der Waals surface area contributed by atoms with Crippen molar-refractivity contribution in [1.82, 2.24) is 5.32 Å². The molecule has 1 aliphatic rings. The van der Waals surface area contributed by atoms with Gasteiger partial charge in [-0.1, -0.05) is 20.8 Å². The van der Waals surface area contributed by atoms with E-state index in [-0.39, 0.29) is 0 Å². The highest BCUT2D eigenvalue weighted by Gasteiger charge is 2.28. The molecule has 0 aromatic heterocycles. The molecule has 3 heteroatoms. The first-order valence-electron chi connectivity index (χ1n) is 5.85. The van der Waals surface area contributed by atoms with Crippen LogP contribution < -0.4 is 5.32 Å². The summed E-state index contributed by atoms with van der Waals surface area (Å²) in [5.41, 5.74) is 0.338. The lowest BCUT2D eigenvalue weighted by molar-refractivity contribution is 0.127. The second kappa shape index (κ2) is 5.55. The quantitative estimate of drug-likeness (QED) is 0.803. The van der Waals surface area contributed by atoms with Gasteiger partial charge in [-0.15, -0.1) is 0 Å². The molecule has 0 spiro atoms. The molecule has 0 aliphatic carbocycles. The zero-order valence-corrected chi connectivity index (χ0v) is 11.5. The van der Waals surface area contributed by atoms with Crippen LogP contribution in [0.3, 0.4) is 0 Å². The molecule has 1 fully saturated rings. The highest BCUT2D eigenvalue weighted by molar-refractivity contribution is 8.00. The smallest absolute Gasteiger partial charge is 0.0666 e. The third kappa shape index (κ3) is 3.97. The van der Waals surface area contributed by atoms with Crippen LogP contribution >= 0.6 is 11.8 Å². The Labute approximate surface area is 98.5 Å². The van der Waals surface area contributed by atoms with E-state index in [4.69, 9.17) is 4.74 Å². The largest absolute Gasteiger partial charge is 0.377 e. The van der Waals surface area contributed by atoms with Gasteiger partial charge in [0.15, 0.2) is 0 Å². The molecular weight excluding hydrogens is 206 g/mol. The molecule has 0 aromatic carbocycles. The van der Waals surface area contributed by atoms with Crippen molar-refractivity contribution in [2.24, 2.45) is 5.41 Å². The molecule has 1 N–H and O–H groups in total. The van der Waals surface area contributed by atoms with Gasteiger partial charge >= 0.3 is 0 Å². The third-order valence-corrected chi connectivity index (χ3v) is 4.75. The maximum absolute atomic E-state index is 5.58. The van der Waals surface area contributed by atoms with Crippen LogP contribution in [0.15, 0.2) is 0 Å². The van der Waals surface area contributed by atoms with Crippen LogP contribution in [-0.4, -0.2) is 36.8 Å². The van der Waals surface area contributed by atoms with Crippen LogP contribution in [0, 0.1) is 5.41 Å². The molecule has 1 rings (SSSR count). The number of thioether (sulfide) groups is 1. The standard InChI is InChI=1S/C12H25NOS/c1-9-10(6-7-14-9)15-8-11(13-5)12(2,3)4/h9-11,13H,6-8H2,1-5H3. The summed E-state index contributed by atoms with van der Waals surface area (Å²) < 4.78 is 5.58. The van der Waals surface area contributed by atoms with E-state index in [1.165, 1.54) is 12.2 Å². The van der Waals surface area contributed by atoms with E-state index < -0.39 is 0 Å². The van der Waals surface area contributed by atoms with E-state index in [0.717, 1.165) is 6.61 Å². The Morgan fingerprint density at radius 3 is 2.53 bits per heavy atom. The molecule has 3 unspecified atom stereocenters. The molecule has 0 radical (unpaired) electrons. The Morgan fingerprint density at radius 2 is 2.13 bits per heavy atom. The van der Waals surface area contributed by atoms with Crippen molar-refractivity contribution in [1.29, 1.82) is 0 Å². The lowest BCUT2D eigenvalue weighted by Crippen LogP contribution is -2.40. The van der Waals surface area contributed by atoms with Gasteiger partial charge in [-0.25, -0.2) is 0 Å². The fourth-order valence-corrected chi connectivity index (χ4v) is 3.64. The van der Waals surface area contributed by atoms with Gasteiger partial charge in [0.2, 0.25) is 0 Å². The second-order valence-electron chi connectivity index (χ2n) is 5.44. The summed E-state index contributed by atoms with van der Waals surface area (Å²) >= 11 is 2.06. The maximum atomic E-state index is 5.58.